The summed E-state index contributed by atoms with van der Waals surface area (Å²) in [4.78, 5) is 13.8. The summed E-state index contributed by atoms with van der Waals surface area (Å²) in [6.45, 7) is 4.35. The van der Waals surface area contributed by atoms with Gasteiger partial charge in [-0.25, -0.2) is 4.39 Å². The number of carbonyl (C=O) groups excluding carboxylic acids is 1. The number of carbonyl (C=O) groups is 1. The number of thiophene rings is 1. The molecular formula is C23H25FN2OS. The quantitative estimate of drug-likeness (QED) is 0.557. The van der Waals surface area contributed by atoms with Crippen molar-refractivity contribution in [2.24, 2.45) is 5.92 Å². The molecule has 2 N–H and O–H groups in total. The number of hydrogen-bond donors (Lipinski definition) is 2. The largest absolute Gasteiger partial charge is 0.343 e. The first kappa shape index (κ1) is 20.2. The minimum Gasteiger partial charge on any atom is -0.343 e. The van der Waals surface area contributed by atoms with E-state index in [9.17, 15) is 9.18 Å². The number of amides is 1. The molecule has 1 amide bonds. The molecule has 0 saturated carbocycles. The average molecular weight is 397 g/mol. The van der Waals surface area contributed by atoms with E-state index in [4.69, 9.17) is 0 Å². The third kappa shape index (κ3) is 5.27. The molecule has 0 aliphatic rings. The Hall–Kier alpha value is -2.50. The summed E-state index contributed by atoms with van der Waals surface area (Å²) in [7, 11) is 0. The minimum atomic E-state index is -0.259. The molecule has 2 atom stereocenters. The van der Waals surface area contributed by atoms with Gasteiger partial charge in [0.1, 0.15) is 5.82 Å². The molecule has 0 fully saturated rings. The Kier molecular flexibility index (Phi) is 6.95. The van der Waals surface area contributed by atoms with Crippen LogP contribution in [0.4, 0.5) is 4.39 Å². The molecule has 1 heterocycles. The van der Waals surface area contributed by atoms with Gasteiger partial charge in [0.2, 0.25) is 5.91 Å². The van der Waals surface area contributed by atoms with Crippen LogP contribution in [0.3, 0.4) is 0 Å². The van der Waals surface area contributed by atoms with Crippen molar-refractivity contribution in [3.8, 4) is 0 Å². The molecule has 0 saturated heterocycles. The fraction of sp³-hybridized carbons (Fsp3) is 0.261. The molecule has 1 aromatic heterocycles. The van der Waals surface area contributed by atoms with Gasteiger partial charge in [-0.3, -0.25) is 4.79 Å². The second-order valence-electron chi connectivity index (χ2n) is 7.08. The minimum absolute atomic E-state index is 0.0248. The molecular weight excluding hydrogens is 371 g/mol. The van der Waals surface area contributed by atoms with E-state index in [0.29, 0.717) is 0 Å². The van der Waals surface area contributed by atoms with Gasteiger partial charge in [-0.2, -0.15) is 0 Å². The third-order valence-electron chi connectivity index (χ3n) is 4.64. The van der Waals surface area contributed by atoms with Crippen LogP contribution < -0.4 is 10.6 Å². The number of hydrogen-bond acceptors (Lipinski definition) is 3. The van der Waals surface area contributed by atoms with Gasteiger partial charge in [0.25, 0.3) is 0 Å². The van der Waals surface area contributed by atoms with E-state index in [1.54, 1.807) is 23.5 Å². The standard InChI is InChI=1S/C23H25FN2OS/c1-16(2)22(18-10-12-19(24)13-11-18)25-15-21(27)26-23(20-9-6-14-28-20)17-7-4-3-5-8-17/h3-14,16,22-23,25H,15H2,1-2H3,(H,26,27)/t22-,23-/m0/s1. The highest BCUT2D eigenvalue weighted by atomic mass is 32.1. The zero-order valence-electron chi connectivity index (χ0n) is 16.1. The van der Waals surface area contributed by atoms with E-state index in [0.717, 1.165) is 16.0 Å². The lowest BCUT2D eigenvalue weighted by atomic mass is 9.96. The molecule has 0 spiro atoms. The summed E-state index contributed by atoms with van der Waals surface area (Å²) < 4.78 is 13.2. The van der Waals surface area contributed by atoms with Crippen LogP contribution in [-0.4, -0.2) is 12.5 Å². The molecule has 0 aliphatic carbocycles. The number of nitrogens with one attached hydrogen (secondary N) is 2. The first-order chi connectivity index (χ1) is 13.5. The Balaban J connectivity index is 1.68. The average Bonchev–Trinajstić information content (AvgIpc) is 3.22. The van der Waals surface area contributed by atoms with Crippen molar-refractivity contribution in [1.82, 2.24) is 10.6 Å². The van der Waals surface area contributed by atoms with Crippen molar-refractivity contribution in [3.05, 3.63) is 93.9 Å². The Morgan fingerprint density at radius 3 is 2.29 bits per heavy atom. The fourth-order valence-electron chi connectivity index (χ4n) is 3.24. The molecule has 0 radical (unpaired) electrons. The fourth-order valence-corrected chi connectivity index (χ4v) is 4.05. The van der Waals surface area contributed by atoms with Crippen LogP contribution in [0.25, 0.3) is 0 Å². The van der Waals surface area contributed by atoms with E-state index >= 15 is 0 Å². The third-order valence-corrected chi connectivity index (χ3v) is 5.58. The summed E-state index contributed by atoms with van der Waals surface area (Å²) in [5.41, 5.74) is 2.03. The number of benzene rings is 2. The van der Waals surface area contributed by atoms with Crippen molar-refractivity contribution in [1.29, 1.82) is 0 Å². The summed E-state index contributed by atoms with van der Waals surface area (Å²) in [5.74, 6) is -0.0684. The lowest BCUT2D eigenvalue weighted by Crippen LogP contribution is -2.39. The monoisotopic (exact) mass is 396 g/mol. The lowest BCUT2D eigenvalue weighted by molar-refractivity contribution is -0.120. The highest BCUT2D eigenvalue weighted by Gasteiger charge is 2.20. The second-order valence-corrected chi connectivity index (χ2v) is 8.06. The number of rotatable bonds is 8. The molecule has 0 bridgehead atoms. The lowest BCUT2D eigenvalue weighted by Gasteiger charge is -2.24. The van der Waals surface area contributed by atoms with E-state index in [2.05, 4.69) is 24.5 Å². The number of halogens is 1. The predicted octanol–water partition coefficient (Wildman–Crippen LogP) is 5.08. The van der Waals surface area contributed by atoms with Crippen molar-refractivity contribution in [3.63, 3.8) is 0 Å². The second kappa shape index (κ2) is 9.62. The van der Waals surface area contributed by atoms with Crippen LogP contribution in [0.1, 0.15) is 41.9 Å². The Morgan fingerprint density at radius 2 is 1.68 bits per heavy atom. The van der Waals surface area contributed by atoms with Crippen molar-refractivity contribution < 1.29 is 9.18 Å². The van der Waals surface area contributed by atoms with E-state index in [1.807, 2.05) is 47.8 Å². The molecule has 3 nitrogen and oxygen atoms in total. The van der Waals surface area contributed by atoms with Gasteiger partial charge in [0, 0.05) is 10.9 Å². The Bertz CT molecular complexity index is 863. The maximum Gasteiger partial charge on any atom is 0.234 e. The maximum absolute atomic E-state index is 13.2. The van der Waals surface area contributed by atoms with Gasteiger partial charge in [0.05, 0.1) is 12.6 Å². The van der Waals surface area contributed by atoms with E-state index in [1.165, 1.54) is 12.1 Å². The highest BCUT2D eigenvalue weighted by Crippen LogP contribution is 2.26. The van der Waals surface area contributed by atoms with E-state index in [-0.39, 0.29) is 36.3 Å². The van der Waals surface area contributed by atoms with Gasteiger partial charge < -0.3 is 10.6 Å². The topological polar surface area (TPSA) is 41.1 Å². The molecule has 3 rings (SSSR count). The zero-order valence-corrected chi connectivity index (χ0v) is 16.9. The predicted molar refractivity (Wildman–Crippen MR) is 113 cm³/mol. The van der Waals surface area contributed by atoms with Gasteiger partial charge in [-0.1, -0.05) is 62.4 Å². The van der Waals surface area contributed by atoms with Crippen LogP contribution in [-0.2, 0) is 4.79 Å². The normalized spacial score (nSPS) is 13.3. The van der Waals surface area contributed by atoms with Gasteiger partial charge in [0.15, 0.2) is 0 Å². The first-order valence-corrected chi connectivity index (χ1v) is 10.3. The summed E-state index contributed by atoms with van der Waals surface area (Å²) in [6, 6.07) is 20.2. The summed E-state index contributed by atoms with van der Waals surface area (Å²) in [5, 5.41) is 8.48. The van der Waals surface area contributed by atoms with Crippen LogP contribution in [0.15, 0.2) is 72.1 Å². The SMILES string of the molecule is CC(C)[C@H](NCC(=O)N[C@@H](c1ccccc1)c1cccs1)c1ccc(F)cc1. The van der Waals surface area contributed by atoms with Gasteiger partial charge >= 0.3 is 0 Å². The zero-order chi connectivity index (χ0) is 19.9. The van der Waals surface area contributed by atoms with Crippen molar-refractivity contribution in [2.75, 3.05) is 6.54 Å². The molecule has 5 heteroatoms. The maximum atomic E-state index is 13.2. The van der Waals surface area contributed by atoms with E-state index < -0.39 is 0 Å². The van der Waals surface area contributed by atoms with Crippen LogP contribution in [0, 0.1) is 11.7 Å². The first-order valence-electron chi connectivity index (χ1n) is 9.41. The molecule has 3 aromatic rings. The highest BCUT2D eigenvalue weighted by molar-refractivity contribution is 7.10. The summed E-state index contributed by atoms with van der Waals surface area (Å²) >= 11 is 1.62. The Labute approximate surface area is 169 Å². The summed E-state index contributed by atoms with van der Waals surface area (Å²) in [6.07, 6.45) is 0. The smallest absolute Gasteiger partial charge is 0.234 e. The molecule has 0 unspecified atom stereocenters. The molecule has 28 heavy (non-hydrogen) atoms. The van der Waals surface area contributed by atoms with Crippen LogP contribution in [0.5, 0.6) is 0 Å². The molecule has 0 aliphatic heterocycles. The van der Waals surface area contributed by atoms with Gasteiger partial charge in [-0.05, 0) is 40.6 Å². The molecule has 2 aromatic carbocycles. The van der Waals surface area contributed by atoms with Crippen molar-refractivity contribution in [2.45, 2.75) is 25.9 Å². The molecule has 146 valence electrons. The van der Waals surface area contributed by atoms with Crippen molar-refractivity contribution >= 4 is 17.2 Å². The van der Waals surface area contributed by atoms with Crippen LogP contribution in [0.2, 0.25) is 0 Å². The van der Waals surface area contributed by atoms with Gasteiger partial charge in [-0.15, -0.1) is 11.3 Å². The van der Waals surface area contributed by atoms with Crippen LogP contribution >= 0.6 is 11.3 Å². The Morgan fingerprint density at radius 1 is 0.964 bits per heavy atom.